The molecule has 1 amide bonds. The number of hydrogen-bond donors (Lipinski definition) is 2. The van der Waals surface area contributed by atoms with E-state index in [0.717, 1.165) is 11.3 Å². The molecule has 0 spiro atoms. The Balaban J connectivity index is 2.64. The molecule has 2 N–H and O–H groups in total. The zero-order valence-electron chi connectivity index (χ0n) is 10.6. The highest BCUT2D eigenvalue weighted by molar-refractivity contribution is 8.00. The first-order valence-corrected chi connectivity index (χ1v) is 6.90. The first-order chi connectivity index (χ1) is 8.54. The molecule has 0 bridgehead atoms. The maximum Gasteiger partial charge on any atom is 0.230 e. The quantitative estimate of drug-likeness (QED) is 0.782. The van der Waals surface area contributed by atoms with Crippen LogP contribution >= 0.6 is 11.8 Å². The lowest BCUT2D eigenvalue weighted by molar-refractivity contribution is -0.118. The molecule has 0 aliphatic heterocycles. The topological polar surface area (TPSA) is 49.3 Å². The monoisotopic (exact) mass is 271 g/mol. The Morgan fingerprint density at radius 1 is 1.56 bits per heavy atom. The Labute approximate surface area is 111 Å². The van der Waals surface area contributed by atoms with E-state index < -0.39 is 6.10 Å². The van der Waals surface area contributed by atoms with Crippen LogP contribution in [0, 0.1) is 5.82 Å². The molecular weight excluding hydrogens is 253 g/mol. The van der Waals surface area contributed by atoms with Gasteiger partial charge in [-0.2, -0.15) is 0 Å². The number of carbonyl (C=O) groups excluding carboxylic acids is 1. The van der Waals surface area contributed by atoms with E-state index in [1.165, 1.54) is 23.9 Å². The van der Waals surface area contributed by atoms with Crippen LogP contribution in [0.5, 0.6) is 0 Å². The zero-order valence-corrected chi connectivity index (χ0v) is 11.4. The van der Waals surface area contributed by atoms with Crippen molar-refractivity contribution in [1.29, 1.82) is 0 Å². The van der Waals surface area contributed by atoms with Gasteiger partial charge < -0.3 is 10.4 Å². The highest BCUT2D eigenvalue weighted by Crippen LogP contribution is 2.28. The summed E-state index contributed by atoms with van der Waals surface area (Å²) in [5.74, 6) is -0.167. The number of benzene rings is 1. The van der Waals surface area contributed by atoms with Crippen LogP contribution < -0.4 is 5.32 Å². The molecule has 0 radical (unpaired) electrons. The van der Waals surface area contributed by atoms with Crippen LogP contribution in [0.3, 0.4) is 0 Å². The van der Waals surface area contributed by atoms with Crippen LogP contribution in [-0.4, -0.2) is 23.3 Å². The van der Waals surface area contributed by atoms with Crippen LogP contribution in [0.15, 0.2) is 23.1 Å². The summed E-state index contributed by atoms with van der Waals surface area (Å²) in [7, 11) is 0. The second-order valence-corrected chi connectivity index (χ2v) is 5.01. The third-order valence-corrected chi connectivity index (χ3v) is 3.44. The maximum absolute atomic E-state index is 13.1. The van der Waals surface area contributed by atoms with Gasteiger partial charge in [-0.15, -0.1) is 11.8 Å². The van der Waals surface area contributed by atoms with Gasteiger partial charge in [0.25, 0.3) is 0 Å². The summed E-state index contributed by atoms with van der Waals surface area (Å²) >= 11 is 1.30. The third-order valence-electron chi connectivity index (χ3n) is 2.35. The lowest BCUT2D eigenvalue weighted by Gasteiger charge is -2.11. The fourth-order valence-corrected chi connectivity index (χ4v) is 2.39. The maximum atomic E-state index is 13.1. The molecular formula is C13H18FNO2S. The first-order valence-electron chi connectivity index (χ1n) is 5.91. The predicted molar refractivity (Wildman–Crippen MR) is 71.1 cm³/mol. The first kappa shape index (κ1) is 15.0. The lowest BCUT2D eigenvalue weighted by Crippen LogP contribution is -2.25. The SMILES string of the molecule is CCCNC(=O)CSc1ccc(F)cc1C(C)O. The standard InChI is InChI=1S/C13H18FNO2S/c1-3-6-15-13(17)8-18-12-5-4-10(14)7-11(12)9(2)16/h4-5,7,9,16H,3,6,8H2,1-2H3,(H,15,17). The molecule has 0 aliphatic carbocycles. The van der Waals surface area contributed by atoms with Gasteiger partial charge in [0, 0.05) is 11.4 Å². The summed E-state index contributed by atoms with van der Waals surface area (Å²) in [6, 6.07) is 4.23. The van der Waals surface area contributed by atoms with Gasteiger partial charge in [-0.3, -0.25) is 4.79 Å². The van der Waals surface area contributed by atoms with E-state index >= 15 is 0 Å². The van der Waals surface area contributed by atoms with E-state index in [1.807, 2.05) is 6.92 Å². The van der Waals surface area contributed by atoms with Crippen LogP contribution in [0.2, 0.25) is 0 Å². The number of hydrogen-bond acceptors (Lipinski definition) is 3. The van der Waals surface area contributed by atoms with E-state index in [0.29, 0.717) is 12.1 Å². The molecule has 1 unspecified atom stereocenters. The molecule has 0 fully saturated rings. The van der Waals surface area contributed by atoms with Crippen molar-refractivity contribution >= 4 is 17.7 Å². The zero-order chi connectivity index (χ0) is 13.5. The van der Waals surface area contributed by atoms with Gasteiger partial charge in [-0.1, -0.05) is 6.92 Å². The minimum absolute atomic E-state index is 0.0530. The van der Waals surface area contributed by atoms with E-state index in [4.69, 9.17) is 0 Å². The van der Waals surface area contributed by atoms with E-state index in [-0.39, 0.29) is 17.5 Å². The molecule has 1 aromatic carbocycles. The van der Waals surface area contributed by atoms with Gasteiger partial charge in [0.1, 0.15) is 5.82 Å². The molecule has 1 atom stereocenters. The van der Waals surface area contributed by atoms with Crippen molar-refractivity contribution in [1.82, 2.24) is 5.32 Å². The molecule has 5 heteroatoms. The highest BCUT2D eigenvalue weighted by Gasteiger charge is 2.11. The number of aliphatic hydroxyl groups excluding tert-OH is 1. The van der Waals surface area contributed by atoms with E-state index in [1.54, 1.807) is 13.0 Å². The van der Waals surface area contributed by atoms with Crippen molar-refractivity contribution in [3.63, 3.8) is 0 Å². The van der Waals surface area contributed by atoms with Gasteiger partial charge in [-0.05, 0) is 37.1 Å². The Morgan fingerprint density at radius 3 is 2.89 bits per heavy atom. The Morgan fingerprint density at radius 2 is 2.28 bits per heavy atom. The molecule has 0 saturated heterocycles. The molecule has 1 aromatic rings. The fourth-order valence-electron chi connectivity index (χ4n) is 1.44. The van der Waals surface area contributed by atoms with Gasteiger partial charge >= 0.3 is 0 Å². The average molecular weight is 271 g/mol. The summed E-state index contributed by atoms with van der Waals surface area (Å²) in [5.41, 5.74) is 0.517. The van der Waals surface area contributed by atoms with Gasteiger partial charge in [-0.25, -0.2) is 4.39 Å². The number of halogens is 1. The second kappa shape index (κ2) is 7.38. The van der Waals surface area contributed by atoms with Crippen molar-refractivity contribution in [3.8, 4) is 0 Å². The molecule has 100 valence electrons. The largest absolute Gasteiger partial charge is 0.389 e. The minimum atomic E-state index is -0.748. The number of rotatable bonds is 6. The Kier molecular flexibility index (Phi) is 6.15. The van der Waals surface area contributed by atoms with E-state index in [2.05, 4.69) is 5.32 Å². The van der Waals surface area contributed by atoms with E-state index in [9.17, 15) is 14.3 Å². The van der Waals surface area contributed by atoms with Crippen molar-refractivity contribution in [3.05, 3.63) is 29.6 Å². The second-order valence-electron chi connectivity index (χ2n) is 4.00. The van der Waals surface area contributed by atoms with Crippen LogP contribution in [-0.2, 0) is 4.79 Å². The highest BCUT2D eigenvalue weighted by atomic mass is 32.2. The van der Waals surface area contributed by atoms with Crippen LogP contribution in [0.4, 0.5) is 4.39 Å². The van der Waals surface area contributed by atoms with Gasteiger partial charge in [0.15, 0.2) is 0 Å². The number of amides is 1. The van der Waals surface area contributed by atoms with Crippen molar-refractivity contribution < 1.29 is 14.3 Å². The Bertz CT molecular complexity index is 410. The molecule has 0 aromatic heterocycles. The third kappa shape index (κ3) is 4.66. The average Bonchev–Trinajstić information content (AvgIpc) is 2.34. The van der Waals surface area contributed by atoms with Crippen molar-refractivity contribution in [2.24, 2.45) is 0 Å². The summed E-state index contributed by atoms with van der Waals surface area (Å²) < 4.78 is 13.1. The molecule has 0 aliphatic rings. The van der Waals surface area contributed by atoms with Crippen molar-refractivity contribution in [2.45, 2.75) is 31.3 Å². The number of thioether (sulfide) groups is 1. The Hall–Kier alpha value is -1.07. The molecule has 18 heavy (non-hydrogen) atoms. The van der Waals surface area contributed by atoms with Crippen LogP contribution in [0.1, 0.15) is 31.9 Å². The van der Waals surface area contributed by atoms with Crippen LogP contribution in [0.25, 0.3) is 0 Å². The number of nitrogens with one attached hydrogen (secondary N) is 1. The summed E-state index contributed by atoms with van der Waals surface area (Å²) in [6.07, 6.45) is 0.146. The van der Waals surface area contributed by atoms with Gasteiger partial charge in [0.05, 0.1) is 11.9 Å². The number of carbonyl (C=O) groups is 1. The molecule has 0 heterocycles. The summed E-state index contributed by atoms with van der Waals surface area (Å²) in [6.45, 7) is 4.22. The molecule has 1 rings (SSSR count). The summed E-state index contributed by atoms with van der Waals surface area (Å²) in [5, 5.41) is 12.3. The lowest BCUT2D eigenvalue weighted by atomic mass is 10.1. The molecule has 3 nitrogen and oxygen atoms in total. The summed E-state index contributed by atoms with van der Waals surface area (Å²) in [4.78, 5) is 12.2. The van der Waals surface area contributed by atoms with Gasteiger partial charge in [0.2, 0.25) is 5.91 Å². The smallest absolute Gasteiger partial charge is 0.230 e. The number of aliphatic hydroxyl groups is 1. The fraction of sp³-hybridized carbons (Fsp3) is 0.462. The predicted octanol–water partition coefficient (Wildman–Crippen LogP) is 2.50. The van der Waals surface area contributed by atoms with Crippen molar-refractivity contribution in [2.75, 3.05) is 12.3 Å². The minimum Gasteiger partial charge on any atom is -0.389 e. The molecule has 0 saturated carbocycles. The normalized spacial score (nSPS) is 12.2.